The lowest BCUT2D eigenvalue weighted by atomic mass is 9.93. The van der Waals surface area contributed by atoms with Crippen molar-refractivity contribution in [3.63, 3.8) is 0 Å². The number of carbonyl (C=O) groups excluding carboxylic acids is 1. The van der Waals surface area contributed by atoms with E-state index in [1.807, 2.05) is 17.0 Å². The Hall–Kier alpha value is -2.37. The molecule has 1 aliphatic carbocycles. The van der Waals surface area contributed by atoms with Crippen molar-refractivity contribution in [3.8, 4) is 5.75 Å². The summed E-state index contributed by atoms with van der Waals surface area (Å²) < 4.78 is 2.09. The van der Waals surface area contributed by atoms with Crippen LogP contribution in [0.4, 0.5) is 0 Å². The Morgan fingerprint density at radius 2 is 2.08 bits per heavy atom. The van der Waals surface area contributed by atoms with E-state index in [9.17, 15) is 9.90 Å². The number of aromatic nitrogens is 3. The molecule has 0 spiro atoms. The number of likely N-dealkylation sites (tertiary alicyclic amines) is 1. The molecule has 1 N–H and O–H groups in total. The Kier molecular flexibility index (Phi) is 4.19. The lowest BCUT2D eigenvalue weighted by Gasteiger charge is -2.33. The number of phenols is 1. The highest BCUT2D eigenvalue weighted by Crippen LogP contribution is 2.40. The monoisotopic (exact) mass is 340 g/mol. The quantitative estimate of drug-likeness (QED) is 0.931. The van der Waals surface area contributed by atoms with E-state index in [0.717, 1.165) is 62.3 Å². The normalized spacial score (nSPS) is 20.7. The van der Waals surface area contributed by atoms with Crippen LogP contribution < -0.4 is 0 Å². The van der Waals surface area contributed by atoms with Crippen LogP contribution in [0, 0.1) is 0 Å². The number of piperidine rings is 1. The Labute approximate surface area is 147 Å². The minimum Gasteiger partial charge on any atom is -0.508 e. The Balaban J connectivity index is 1.45. The zero-order valence-electron chi connectivity index (χ0n) is 14.6. The number of benzene rings is 1. The van der Waals surface area contributed by atoms with Crippen LogP contribution in [0.2, 0.25) is 0 Å². The van der Waals surface area contributed by atoms with Gasteiger partial charge in [0.25, 0.3) is 0 Å². The summed E-state index contributed by atoms with van der Waals surface area (Å²) in [5.41, 5.74) is 1.96. The summed E-state index contributed by atoms with van der Waals surface area (Å²) in [5.74, 6) is 1.65. The predicted molar refractivity (Wildman–Crippen MR) is 93.4 cm³/mol. The van der Waals surface area contributed by atoms with Gasteiger partial charge in [0, 0.05) is 31.1 Å². The molecule has 2 heterocycles. The van der Waals surface area contributed by atoms with E-state index in [1.165, 1.54) is 0 Å². The highest BCUT2D eigenvalue weighted by Gasteiger charge is 2.35. The van der Waals surface area contributed by atoms with Gasteiger partial charge in [0.05, 0.1) is 5.92 Å². The molecule has 1 atom stereocenters. The number of nitrogens with zero attached hydrogens (tertiary/aromatic N) is 4. The number of fused-ring (bicyclic) bond motifs is 1. The molecule has 2 aliphatic rings. The molecule has 4 rings (SSSR count). The molecule has 1 saturated heterocycles. The zero-order chi connectivity index (χ0) is 17.4. The summed E-state index contributed by atoms with van der Waals surface area (Å²) in [6, 6.07) is 5.57. The third kappa shape index (κ3) is 2.79. The van der Waals surface area contributed by atoms with Gasteiger partial charge in [-0.15, -0.1) is 10.2 Å². The van der Waals surface area contributed by atoms with E-state index in [-0.39, 0.29) is 17.6 Å². The minimum absolute atomic E-state index is 0.163. The van der Waals surface area contributed by atoms with Crippen molar-refractivity contribution >= 4 is 5.91 Å². The lowest BCUT2D eigenvalue weighted by Crippen LogP contribution is -2.40. The highest BCUT2D eigenvalue weighted by atomic mass is 16.3. The number of aryl methyl sites for hydroxylation is 2. The summed E-state index contributed by atoms with van der Waals surface area (Å²) in [6.45, 7) is 4.47. The fourth-order valence-corrected chi connectivity index (χ4v) is 4.31. The summed E-state index contributed by atoms with van der Waals surface area (Å²) in [4.78, 5) is 15.0. The van der Waals surface area contributed by atoms with Crippen LogP contribution in [-0.2, 0) is 17.8 Å². The Morgan fingerprint density at radius 3 is 2.84 bits per heavy atom. The second kappa shape index (κ2) is 6.50. The second-order valence-corrected chi connectivity index (χ2v) is 7.02. The maximum Gasteiger partial charge on any atom is 0.230 e. The maximum absolute atomic E-state index is 13.0. The molecule has 1 unspecified atom stereocenters. The van der Waals surface area contributed by atoms with Gasteiger partial charge in [0.15, 0.2) is 0 Å². The van der Waals surface area contributed by atoms with Crippen molar-refractivity contribution in [1.82, 2.24) is 19.7 Å². The molecule has 0 saturated carbocycles. The van der Waals surface area contributed by atoms with Crippen molar-refractivity contribution < 1.29 is 9.90 Å². The summed E-state index contributed by atoms with van der Waals surface area (Å²) in [6.07, 6.45) is 5.30. The first-order chi connectivity index (χ1) is 12.2. The van der Waals surface area contributed by atoms with Crippen LogP contribution in [0.1, 0.15) is 55.0 Å². The molecule has 25 heavy (non-hydrogen) atoms. The smallest absolute Gasteiger partial charge is 0.230 e. The molecule has 0 bridgehead atoms. The molecule has 1 fully saturated rings. The number of amides is 1. The molecule has 1 aliphatic heterocycles. The third-order valence-electron chi connectivity index (χ3n) is 5.68. The molecule has 1 amide bonds. The largest absolute Gasteiger partial charge is 0.508 e. The van der Waals surface area contributed by atoms with Gasteiger partial charge < -0.3 is 14.6 Å². The highest BCUT2D eigenvalue weighted by molar-refractivity contribution is 5.86. The van der Waals surface area contributed by atoms with Gasteiger partial charge in [0.1, 0.15) is 17.9 Å². The number of carbonyl (C=O) groups is 1. The van der Waals surface area contributed by atoms with E-state index in [4.69, 9.17) is 0 Å². The van der Waals surface area contributed by atoms with Gasteiger partial charge in [-0.3, -0.25) is 4.79 Å². The number of rotatable bonds is 3. The number of hydrogen-bond acceptors (Lipinski definition) is 4. The van der Waals surface area contributed by atoms with Crippen LogP contribution in [0.3, 0.4) is 0 Å². The molecule has 0 radical (unpaired) electrons. The maximum atomic E-state index is 13.0. The van der Waals surface area contributed by atoms with E-state index < -0.39 is 0 Å². The molecule has 6 nitrogen and oxygen atoms in total. The first kappa shape index (κ1) is 16.1. The molecule has 2 aromatic rings. The first-order valence-electron chi connectivity index (χ1n) is 9.16. The van der Waals surface area contributed by atoms with Crippen molar-refractivity contribution in [2.45, 2.75) is 51.0 Å². The fraction of sp³-hybridized carbons (Fsp3) is 0.526. The average molecular weight is 340 g/mol. The van der Waals surface area contributed by atoms with Crippen LogP contribution in [-0.4, -0.2) is 43.8 Å². The van der Waals surface area contributed by atoms with Crippen LogP contribution >= 0.6 is 0 Å². The van der Waals surface area contributed by atoms with Gasteiger partial charge in [0.2, 0.25) is 5.91 Å². The molecule has 1 aromatic heterocycles. The third-order valence-corrected chi connectivity index (χ3v) is 5.68. The van der Waals surface area contributed by atoms with Gasteiger partial charge in [-0.1, -0.05) is 12.1 Å². The van der Waals surface area contributed by atoms with E-state index in [0.29, 0.717) is 5.92 Å². The Morgan fingerprint density at radius 1 is 1.28 bits per heavy atom. The number of hydrogen-bond donors (Lipinski definition) is 1. The van der Waals surface area contributed by atoms with Gasteiger partial charge in [-0.2, -0.15) is 0 Å². The van der Waals surface area contributed by atoms with Crippen molar-refractivity contribution in [2.24, 2.45) is 0 Å². The van der Waals surface area contributed by atoms with Crippen LogP contribution in [0.5, 0.6) is 5.75 Å². The molecule has 132 valence electrons. The topological polar surface area (TPSA) is 71.2 Å². The van der Waals surface area contributed by atoms with E-state index in [1.54, 1.807) is 12.4 Å². The van der Waals surface area contributed by atoms with Gasteiger partial charge in [-0.25, -0.2) is 0 Å². The SMILES string of the molecule is CCn1cnnc1C1CCN(C(=O)C2CCc3cccc(O)c32)CC1. The van der Waals surface area contributed by atoms with E-state index >= 15 is 0 Å². The molecular formula is C19H24N4O2. The van der Waals surface area contributed by atoms with Crippen LogP contribution in [0.15, 0.2) is 24.5 Å². The first-order valence-corrected chi connectivity index (χ1v) is 9.16. The average Bonchev–Trinajstić information content (AvgIpc) is 3.28. The Bertz CT molecular complexity index is 777. The molecule has 6 heteroatoms. The summed E-state index contributed by atoms with van der Waals surface area (Å²) in [7, 11) is 0. The number of aromatic hydroxyl groups is 1. The summed E-state index contributed by atoms with van der Waals surface area (Å²) >= 11 is 0. The minimum atomic E-state index is -0.188. The van der Waals surface area contributed by atoms with Gasteiger partial charge in [-0.05, 0) is 44.2 Å². The lowest BCUT2D eigenvalue weighted by molar-refractivity contribution is -0.133. The van der Waals surface area contributed by atoms with E-state index in [2.05, 4.69) is 21.7 Å². The molecule has 1 aromatic carbocycles. The van der Waals surface area contributed by atoms with Crippen molar-refractivity contribution in [2.75, 3.05) is 13.1 Å². The second-order valence-electron chi connectivity index (χ2n) is 7.02. The van der Waals surface area contributed by atoms with Gasteiger partial charge >= 0.3 is 0 Å². The van der Waals surface area contributed by atoms with Crippen molar-refractivity contribution in [1.29, 1.82) is 0 Å². The zero-order valence-corrected chi connectivity index (χ0v) is 14.6. The summed E-state index contributed by atoms with van der Waals surface area (Å²) in [5, 5.41) is 18.5. The van der Waals surface area contributed by atoms with Crippen molar-refractivity contribution in [3.05, 3.63) is 41.5 Å². The number of phenolic OH excluding ortho intramolecular Hbond substituents is 1. The van der Waals surface area contributed by atoms with Crippen LogP contribution in [0.25, 0.3) is 0 Å². The predicted octanol–water partition coefficient (Wildman–Crippen LogP) is 2.44. The standard InChI is InChI=1S/C19H24N4O2/c1-2-22-12-20-21-18(22)14-8-10-23(11-9-14)19(25)15-7-6-13-4-3-5-16(24)17(13)15/h3-5,12,14-15,24H,2,6-11H2,1H3. The fourth-order valence-electron chi connectivity index (χ4n) is 4.31. The molecular weight excluding hydrogens is 316 g/mol.